The summed E-state index contributed by atoms with van der Waals surface area (Å²) in [5, 5.41) is 1.58. The van der Waals surface area contributed by atoms with Crippen LogP contribution in [-0.2, 0) is 0 Å². The van der Waals surface area contributed by atoms with Gasteiger partial charge in [0, 0.05) is 11.2 Å². The van der Waals surface area contributed by atoms with Crippen molar-refractivity contribution in [3.63, 3.8) is 0 Å². The average Bonchev–Trinajstić information content (AvgIpc) is 3.07. The Labute approximate surface area is 154 Å². The first-order valence-corrected chi connectivity index (χ1v) is 9.30. The standard InChI is InChI=1S/C18H16ClN3O2S/c19-13-9-20-18(21-10-13)24-14-5-3-7-22(11-14)17(23)16-8-12-4-1-2-6-15(12)25-16/h1-2,4,6,8-10,14H,3,5,7,11H2. The van der Waals surface area contributed by atoms with Crippen molar-refractivity contribution in [2.75, 3.05) is 13.1 Å². The number of amides is 1. The number of hydrogen-bond donors (Lipinski definition) is 0. The quantitative estimate of drug-likeness (QED) is 0.695. The molecule has 1 unspecified atom stereocenters. The van der Waals surface area contributed by atoms with E-state index in [2.05, 4.69) is 9.97 Å². The summed E-state index contributed by atoms with van der Waals surface area (Å²) in [6, 6.07) is 10.3. The first-order valence-electron chi connectivity index (χ1n) is 8.11. The predicted octanol–water partition coefficient (Wildman–Crippen LogP) is 4.03. The van der Waals surface area contributed by atoms with E-state index in [1.54, 1.807) is 0 Å². The van der Waals surface area contributed by atoms with Gasteiger partial charge in [-0.2, -0.15) is 0 Å². The van der Waals surface area contributed by atoms with Gasteiger partial charge in [0.15, 0.2) is 0 Å². The van der Waals surface area contributed by atoms with Gasteiger partial charge in [-0.15, -0.1) is 11.3 Å². The van der Waals surface area contributed by atoms with Gasteiger partial charge >= 0.3 is 6.01 Å². The lowest BCUT2D eigenvalue weighted by atomic mass is 10.1. The zero-order chi connectivity index (χ0) is 17.2. The molecule has 0 saturated carbocycles. The molecule has 1 aliphatic rings. The Morgan fingerprint density at radius 2 is 2.08 bits per heavy atom. The van der Waals surface area contributed by atoms with Gasteiger partial charge in [0.1, 0.15) is 6.10 Å². The minimum atomic E-state index is -0.103. The number of halogens is 1. The third-order valence-electron chi connectivity index (χ3n) is 4.17. The van der Waals surface area contributed by atoms with E-state index in [0.29, 0.717) is 17.6 Å². The lowest BCUT2D eigenvalue weighted by molar-refractivity contribution is 0.0520. The third kappa shape index (κ3) is 3.60. The van der Waals surface area contributed by atoms with Crippen molar-refractivity contribution in [2.45, 2.75) is 18.9 Å². The average molecular weight is 374 g/mol. The fourth-order valence-corrected chi connectivity index (χ4v) is 4.10. The highest BCUT2D eigenvalue weighted by atomic mass is 35.5. The van der Waals surface area contributed by atoms with Gasteiger partial charge in [-0.3, -0.25) is 4.79 Å². The summed E-state index contributed by atoms with van der Waals surface area (Å²) in [6.45, 7) is 1.29. The van der Waals surface area contributed by atoms with Gasteiger partial charge in [0.25, 0.3) is 5.91 Å². The van der Waals surface area contributed by atoms with Gasteiger partial charge in [-0.1, -0.05) is 29.8 Å². The highest BCUT2D eigenvalue weighted by Crippen LogP contribution is 2.27. The first kappa shape index (κ1) is 16.3. The van der Waals surface area contributed by atoms with Crippen LogP contribution in [0, 0.1) is 0 Å². The molecule has 1 aromatic carbocycles. The Hall–Kier alpha value is -2.18. The molecule has 5 nitrogen and oxygen atoms in total. The molecule has 1 aliphatic heterocycles. The minimum Gasteiger partial charge on any atom is -0.458 e. The van der Waals surface area contributed by atoms with Crippen LogP contribution in [0.15, 0.2) is 42.7 Å². The Morgan fingerprint density at radius 1 is 1.28 bits per heavy atom. The lowest BCUT2D eigenvalue weighted by Crippen LogP contribution is -2.44. The normalized spacial score (nSPS) is 17.6. The molecule has 0 bridgehead atoms. The maximum Gasteiger partial charge on any atom is 0.316 e. The van der Waals surface area contributed by atoms with E-state index in [9.17, 15) is 4.79 Å². The molecule has 0 radical (unpaired) electrons. The van der Waals surface area contributed by atoms with Crippen LogP contribution in [0.2, 0.25) is 5.02 Å². The van der Waals surface area contributed by atoms with E-state index in [0.717, 1.165) is 34.3 Å². The molecule has 0 aliphatic carbocycles. The van der Waals surface area contributed by atoms with Crippen molar-refractivity contribution in [3.8, 4) is 6.01 Å². The maximum atomic E-state index is 12.8. The number of carbonyl (C=O) groups is 1. The molecule has 3 heterocycles. The van der Waals surface area contributed by atoms with E-state index >= 15 is 0 Å². The zero-order valence-corrected chi connectivity index (χ0v) is 15.0. The molecule has 1 amide bonds. The summed E-state index contributed by atoms with van der Waals surface area (Å²) in [5.41, 5.74) is 0. The number of nitrogens with zero attached hydrogens (tertiary/aromatic N) is 3. The lowest BCUT2D eigenvalue weighted by Gasteiger charge is -2.32. The topological polar surface area (TPSA) is 55.3 Å². The minimum absolute atomic E-state index is 0.0616. The van der Waals surface area contributed by atoms with Crippen LogP contribution in [0.4, 0.5) is 0 Å². The van der Waals surface area contributed by atoms with Crippen molar-refractivity contribution in [3.05, 3.63) is 52.6 Å². The Bertz CT molecular complexity index is 864. The molecular formula is C18H16ClN3O2S. The number of ether oxygens (including phenoxy) is 1. The van der Waals surface area contributed by atoms with E-state index in [-0.39, 0.29) is 12.0 Å². The molecule has 7 heteroatoms. The fraction of sp³-hybridized carbons (Fsp3) is 0.278. The van der Waals surface area contributed by atoms with Gasteiger partial charge in [-0.05, 0) is 30.4 Å². The first-order chi connectivity index (χ1) is 12.2. The Kier molecular flexibility index (Phi) is 4.55. The summed E-state index contributed by atoms with van der Waals surface area (Å²) in [5.74, 6) is 0.0616. The van der Waals surface area contributed by atoms with Crippen LogP contribution in [0.5, 0.6) is 6.01 Å². The van der Waals surface area contributed by atoms with Crippen LogP contribution in [0.25, 0.3) is 10.1 Å². The van der Waals surface area contributed by atoms with Crippen molar-refractivity contribution in [1.29, 1.82) is 0 Å². The summed E-state index contributed by atoms with van der Waals surface area (Å²) >= 11 is 7.32. The van der Waals surface area contributed by atoms with E-state index in [1.807, 2.05) is 35.2 Å². The van der Waals surface area contributed by atoms with E-state index in [4.69, 9.17) is 16.3 Å². The second-order valence-corrected chi connectivity index (χ2v) is 7.49. The summed E-state index contributed by atoms with van der Waals surface area (Å²) in [4.78, 5) is 23.6. The van der Waals surface area contributed by atoms with Gasteiger partial charge in [-0.25, -0.2) is 9.97 Å². The highest BCUT2D eigenvalue weighted by molar-refractivity contribution is 7.20. The number of benzene rings is 1. The number of piperidine rings is 1. The fourth-order valence-electron chi connectivity index (χ4n) is 2.97. The zero-order valence-electron chi connectivity index (χ0n) is 13.4. The van der Waals surface area contributed by atoms with E-state index < -0.39 is 0 Å². The molecule has 0 N–H and O–H groups in total. The molecule has 2 aromatic heterocycles. The molecule has 0 spiro atoms. The van der Waals surface area contributed by atoms with Crippen LogP contribution in [0.1, 0.15) is 22.5 Å². The molecule has 1 saturated heterocycles. The largest absolute Gasteiger partial charge is 0.458 e. The molecule has 25 heavy (non-hydrogen) atoms. The highest BCUT2D eigenvalue weighted by Gasteiger charge is 2.27. The molecule has 1 fully saturated rings. The maximum absolute atomic E-state index is 12.8. The van der Waals surface area contributed by atoms with Crippen LogP contribution in [0.3, 0.4) is 0 Å². The monoisotopic (exact) mass is 373 g/mol. The third-order valence-corrected chi connectivity index (χ3v) is 5.47. The number of carbonyl (C=O) groups excluding carboxylic acids is 1. The summed E-state index contributed by atoms with van der Waals surface area (Å²) < 4.78 is 6.94. The SMILES string of the molecule is O=C(c1cc2ccccc2s1)N1CCCC(Oc2ncc(Cl)cn2)C1. The smallest absolute Gasteiger partial charge is 0.316 e. The van der Waals surface area contributed by atoms with Crippen LogP contribution < -0.4 is 4.74 Å². The van der Waals surface area contributed by atoms with Crippen LogP contribution >= 0.6 is 22.9 Å². The van der Waals surface area contributed by atoms with Gasteiger partial charge in [0.05, 0.1) is 28.8 Å². The molecule has 128 valence electrons. The van der Waals surface area contributed by atoms with E-state index in [1.165, 1.54) is 23.7 Å². The predicted molar refractivity (Wildman–Crippen MR) is 98.4 cm³/mol. The Balaban J connectivity index is 1.46. The second kappa shape index (κ2) is 6.98. The number of thiophene rings is 1. The van der Waals surface area contributed by atoms with Crippen LogP contribution in [-0.4, -0.2) is 40.0 Å². The number of hydrogen-bond acceptors (Lipinski definition) is 5. The molecular weight excluding hydrogens is 358 g/mol. The number of rotatable bonds is 3. The number of likely N-dealkylation sites (tertiary alicyclic amines) is 1. The number of aromatic nitrogens is 2. The van der Waals surface area contributed by atoms with Crippen molar-refractivity contribution < 1.29 is 9.53 Å². The molecule has 4 rings (SSSR count). The Morgan fingerprint density at radius 3 is 2.88 bits per heavy atom. The number of fused-ring (bicyclic) bond motifs is 1. The molecule has 3 aromatic rings. The van der Waals surface area contributed by atoms with Crippen molar-refractivity contribution in [2.24, 2.45) is 0 Å². The van der Waals surface area contributed by atoms with Crippen molar-refractivity contribution >= 4 is 38.9 Å². The summed E-state index contributed by atoms with van der Waals surface area (Å²) in [6.07, 6.45) is 4.68. The van der Waals surface area contributed by atoms with Gasteiger partial charge < -0.3 is 9.64 Å². The van der Waals surface area contributed by atoms with Crippen molar-refractivity contribution in [1.82, 2.24) is 14.9 Å². The molecule has 1 atom stereocenters. The second-order valence-electron chi connectivity index (χ2n) is 5.97. The van der Waals surface area contributed by atoms with Gasteiger partial charge in [0.2, 0.25) is 0 Å². The summed E-state index contributed by atoms with van der Waals surface area (Å²) in [7, 11) is 0.